The number of rotatable bonds is 5. The Kier molecular flexibility index (Phi) is 5.57. The van der Waals surface area contributed by atoms with Crippen LogP contribution in [0.1, 0.15) is 35.1 Å². The highest BCUT2D eigenvalue weighted by molar-refractivity contribution is 6.00. The first-order chi connectivity index (χ1) is 14.4. The van der Waals surface area contributed by atoms with Gasteiger partial charge in [0.15, 0.2) is 6.61 Å². The van der Waals surface area contributed by atoms with Gasteiger partial charge in [-0.2, -0.15) is 0 Å². The Morgan fingerprint density at radius 1 is 1.13 bits per heavy atom. The van der Waals surface area contributed by atoms with Crippen LogP contribution in [-0.4, -0.2) is 30.9 Å². The lowest BCUT2D eigenvalue weighted by atomic mass is 10.1. The van der Waals surface area contributed by atoms with Crippen LogP contribution in [0.2, 0.25) is 0 Å². The number of esters is 1. The molecule has 156 valence electrons. The molecule has 4 rings (SSSR count). The van der Waals surface area contributed by atoms with Crippen molar-refractivity contribution in [1.29, 1.82) is 0 Å². The smallest absolute Gasteiger partial charge is 0.311 e. The van der Waals surface area contributed by atoms with Crippen LogP contribution in [0.5, 0.6) is 0 Å². The largest absolute Gasteiger partial charge is 0.455 e. The van der Waals surface area contributed by atoms with E-state index in [1.54, 1.807) is 4.90 Å². The van der Waals surface area contributed by atoms with Gasteiger partial charge < -0.3 is 15.0 Å². The van der Waals surface area contributed by atoms with Gasteiger partial charge in [-0.05, 0) is 73.6 Å². The number of fused-ring (bicyclic) bond motifs is 1. The molecule has 1 N–H and O–H groups in total. The third-order valence-corrected chi connectivity index (χ3v) is 6.05. The molecular formula is C24H26N2O4. The number of nitrogens with zero attached hydrogens (tertiary/aromatic N) is 1. The van der Waals surface area contributed by atoms with E-state index in [-0.39, 0.29) is 31.4 Å². The third kappa shape index (κ3) is 4.08. The molecule has 6 nitrogen and oxygen atoms in total. The molecule has 1 atom stereocenters. The summed E-state index contributed by atoms with van der Waals surface area (Å²) in [5.74, 6) is -1.56. The Balaban J connectivity index is 1.31. The summed E-state index contributed by atoms with van der Waals surface area (Å²) in [4.78, 5) is 38.7. The van der Waals surface area contributed by atoms with Crippen molar-refractivity contribution in [2.45, 2.75) is 39.5 Å². The van der Waals surface area contributed by atoms with Gasteiger partial charge in [0.1, 0.15) is 0 Å². The Morgan fingerprint density at radius 2 is 1.93 bits per heavy atom. The van der Waals surface area contributed by atoms with Crippen molar-refractivity contribution in [1.82, 2.24) is 0 Å². The molecule has 2 aliphatic rings. The molecule has 1 heterocycles. The SMILES string of the molecule is Cc1cccc(N2C[C@@H](C(=O)OCC(=O)Nc3ccc4c(c3)CCC4)CC2=O)c1C. The van der Waals surface area contributed by atoms with Gasteiger partial charge in [-0.1, -0.05) is 18.2 Å². The standard InChI is InChI=1S/C24H26N2O4/c1-15-5-3-8-21(16(15)2)26-13-19(12-23(26)28)24(29)30-14-22(27)25-20-10-9-17-6-4-7-18(17)11-20/h3,5,8-11,19H,4,6-7,12-14H2,1-2H3,(H,25,27)/t19-/m0/s1. The van der Waals surface area contributed by atoms with Gasteiger partial charge in [0, 0.05) is 24.3 Å². The first-order valence-electron chi connectivity index (χ1n) is 10.4. The van der Waals surface area contributed by atoms with Crippen molar-refractivity contribution in [3.8, 4) is 0 Å². The van der Waals surface area contributed by atoms with Crippen molar-refractivity contribution in [3.05, 3.63) is 58.7 Å². The van der Waals surface area contributed by atoms with E-state index in [1.807, 2.05) is 50.2 Å². The van der Waals surface area contributed by atoms with Crippen LogP contribution in [0, 0.1) is 19.8 Å². The molecule has 0 aromatic heterocycles. The lowest BCUT2D eigenvalue weighted by Crippen LogP contribution is -2.28. The van der Waals surface area contributed by atoms with E-state index in [9.17, 15) is 14.4 Å². The fraction of sp³-hybridized carbons (Fsp3) is 0.375. The summed E-state index contributed by atoms with van der Waals surface area (Å²) in [6, 6.07) is 11.7. The predicted octanol–water partition coefficient (Wildman–Crippen LogP) is 3.33. The summed E-state index contributed by atoms with van der Waals surface area (Å²) in [5, 5.41) is 2.78. The summed E-state index contributed by atoms with van der Waals surface area (Å²) >= 11 is 0. The normalized spacial score (nSPS) is 17.7. The maximum absolute atomic E-state index is 12.5. The van der Waals surface area contributed by atoms with E-state index < -0.39 is 11.9 Å². The number of benzene rings is 2. The van der Waals surface area contributed by atoms with Gasteiger partial charge in [0.2, 0.25) is 5.91 Å². The molecular weight excluding hydrogens is 380 g/mol. The molecule has 0 bridgehead atoms. The molecule has 0 spiro atoms. The molecule has 1 aliphatic carbocycles. The van der Waals surface area contributed by atoms with Crippen LogP contribution >= 0.6 is 0 Å². The maximum Gasteiger partial charge on any atom is 0.311 e. The van der Waals surface area contributed by atoms with E-state index in [2.05, 4.69) is 5.32 Å². The van der Waals surface area contributed by atoms with Gasteiger partial charge in [-0.15, -0.1) is 0 Å². The lowest BCUT2D eigenvalue weighted by molar-refractivity contribution is -0.151. The zero-order chi connectivity index (χ0) is 21.3. The second-order valence-electron chi connectivity index (χ2n) is 8.12. The second-order valence-corrected chi connectivity index (χ2v) is 8.12. The Labute approximate surface area is 176 Å². The number of ether oxygens (including phenoxy) is 1. The molecule has 2 amide bonds. The summed E-state index contributed by atoms with van der Waals surface area (Å²) < 4.78 is 5.21. The number of carbonyl (C=O) groups excluding carboxylic acids is 3. The van der Waals surface area contributed by atoms with Gasteiger partial charge in [-0.3, -0.25) is 14.4 Å². The van der Waals surface area contributed by atoms with Crippen LogP contribution in [-0.2, 0) is 32.0 Å². The molecule has 0 saturated carbocycles. The Morgan fingerprint density at radius 3 is 2.77 bits per heavy atom. The van der Waals surface area contributed by atoms with Crippen molar-refractivity contribution < 1.29 is 19.1 Å². The summed E-state index contributed by atoms with van der Waals surface area (Å²) in [6.07, 6.45) is 3.35. The molecule has 0 radical (unpaired) electrons. The topological polar surface area (TPSA) is 75.7 Å². The van der Waals surface area contributed by atoms with Crippen molar-refractivity contribution in [2.75, 3.05) is 23.4 Å². The molecule has 1 fully saturated rings. The average Bonchev–Trinajstić information content (AvgIpc) is 3.34. The van der Waals surface area contributed by atoms with Crippen molar-refractivity contribution in [2.24, 2.45) is 5.92 Å². The van der Waals surface area contributed by atoms with E-state index in [1.165, 1.54) is 11.1 Å². The molecule has 2 aromatic carbocycles. The Bertz CT molecular complexity index is 1010. The molecule has 30 heavy (non-hydrogen) atoms. The predicted molar refractivity (Wildman–Crippen MR) is 114 cm³/mol. The summed E-state index contributed by atoms with van der Waals surface area (Å²) in [7, 11) is 0. The highest BCUT2D eigenvalue weighted by Gasteiger charge is 2.37. The van der Waals surface area contributed by atoms with Gasteiger partial charge >= 0.3 is 5.97 Å². The number of nitrogens with one attached hydrogen (secondary N) is 1. The van der Waals surface area contributed by atoms with Crippen LogP contribution in [0.4, 0.5) is 11.4 Å². The molecule has 6 heteroatoms. The average molecular weight is 406 g/mol. The number of anilines is 2. The second kappa shape index (κ2) is 8.30. The first kappa shape index (κ1) is 20.1. The minimum atomic E-state index is -0.565. The molecule has 1 aliphatic heterocycles. The number of hydrogen-bond acceptors (Lipinski definition) is 4. The highest BCUT2D eigenvalue weighted by Crippen LogP contribution is 2.30. The van der Waals surface area contributed by atoms with Gasteiger partial charge in [0.05, 0.1) is 5.92 Å². The fourth-order valence-corrected chi connectivity index (χ4v) is 4.23. The van der Waals surface area contributed by atoms with E-state index in [0.717, 1.165) is 36.1 Å². The number of carbonyl (C=O) groups is 3. The van der Waals surface area contributed by atoms with E-state index in [4.69, 9.17) is 4.74 Å². The van der Waals surface area contributed by atoms with Gasteiger partial charge in [-0.25, -0.2) is 0 Å². The summed E-state index contributed by atoms with van der Waals surface area (Å²) in [6.45, 7) is 3.87. The monoisotopic (exact) mass is 406 g/mol. The molecule has 0 unspecified atom stereocenters. The number of aryl methyl sites for hydroxylation is 3. The number of hydrogen-bond donors (Lipinski definition) is 1. The quantitative estimate of drug-likeness (QED) is 0.773. The van der Waals surface area contributed by atoms with E-state index >= 15 is 0 Å². The lowest BCUT2D eigenvalue weighted by Gasteiger charge is -2.20. The molecule has 1 saturated heterocycles. The third-order valence-electron chi connectivity index (χ3n) is 6.05. The zero-order valence-electron chi connectivity index (χ0n) is 17.4. The van der Waals surface area contributed by atoms with Crippen LogP contribution in [0.25, 0.3) is 0 Å². The van der Waals surface area contributed by atoms with Crippen LogP contribution < -0.4 is 10.2 Å². The molecule has 2 aromatic rings. The van der Waals surface area contributed by atoms with Crippen LogP contribution in [0.3, 0.4) is 0 Å². The fourth-order valence-electron chi connectivity index (χ4n) is 4.23. The first-order valence-corrected chi connectivity index (χ1v) is 10.4. The Hall–Kier alpha value is -3.15. The van der Waals surface area contributed by atoms with Crippen molar-refractivity contribution >= 4 is 29.2 Å². The maximum atomic E-state index is 12.5. The van der Waals surface area contributed by atoms with Crippen molar-refractivity contribution in [3.63, 3.8) is 0 Å². The highest BCUT2D eigenvalue weighted by atomic mass is 16.5. The summed E-state index contributed by atoms with van der Waals surface area (Å²) in [5.41, 5.74) is 6.25. The van der Waals surface area contributed by atoms with Gasteiger partial charge in [0.25, 0.3) is 5.91 Å². The zero-order valence-corrected chi connectivity index (χ0v) is 17.4. The minimum absolute atomic E-state index is 0.0959. The van der Waals surface area contributed by atoms with E-state index in [0.29, 0.717) is 5.69 Å². The van der Waals surface area contributed by atoms with Crippen LogP contribution in [0.15, 0.2) is 36.4 Å². The minimum Gasteiger partial charge on any atom is -0.455 e. The number of amides is 2.